The Kier molecular flexibility index (Phi) is 5.33. The van der Waals surface area contributed by atoms with Crippen LogP contribution in [0.3, 0.4) is 0 Å². The molecule has 1 aromatic carbocycles. The number of aromatic nitrogens is 3. The molecular weight excluding hydrogens is 402 g/mol. The van der Waals surface area contributed by atoms with Crippen LogP contribution in [0.4, 0.5) is 5.82 Å². The van der Waals surface area contributed by atoms with Crippen molar-refractivity contribution in [2.75, 3.05) is 24.5 Å². The predicted molar refractivity (Wildman–Crippen MR) is 126 cm³/mol. The molecule has 1 saturated heterocycles. The van der Waals surface area contributed by atoms with Crippen LogP contribution in [0.1, 0.15) is 35.3 Å². The minimum absolute atomic E-state index is 0.0488. The van der Waals surface area contributed by atoms with Gasteiger partial charge >= 0.3 is 0 Å². The zero-order chi connectivity index (χ0) is 22.2. The lowest BCUT2D eigenvalue weighted by Gasteiger charge is -2.33. The maximum atomic E-state index is 13.0. The molecule has 1 aliphatic rings. The van der Waals surface area contributed by atoms with Crippen LogP contribution >= 0.6 is 0 Å². The molecule has 0 spiro atoms. The monoisotopic (exact) mass is 431 g/mol. The molecular formula is C25H29N5O2. The average Bonchev–Trinajstić information content (AvgIpc) is 3.33. The highest BCUT2D eigenvalue weighted by Gasteiger charge is 2.28. The minimum Gasteiger partial charge on any atom is -0.443 e. The molecule has 32 heavy (non-hydrogen) atoms. The second kappa shape index (κ2) is 8.30. The number of H-pyrrole nitrogens is 1. The Labute approximate surface area is 187 Å². The van der Waals surface area contributed by atoms with E-state index in [1.54, 1.807) is 6.33 Å². The van der Waals surface area contributed by atoms with Crippen molar-refractivity contribution in [3.63, 3.8) is 0 Å². The standard InChI is InChI=1S/C25H29N5O2/c1-15-6-7-21-20(11-15)18(12-27-21)8-9-26-24(31)19-5-4-10-30(13-19)23-22-16(2)17(3)32-25(22)29-14-28-23/h6-7,11-12,14,19,27H,4-5,8-10,13H2,1-3H3,(H,26,31)/t19-/m0/s1. The first-order chi connectivity index (χ1) is 15.5. The van der Waals surface area contributed by atoms with Crippen molar-refractivity contribution >= 4 is 33.7 Å². The number of carbonyl (C=O) groups is 1. The van der Waals surface area contributed by atoms with E-state index in [0.29, 0.717) is 18.8 Å². The lowest BCUT2D eigenvalue weighted by atomic mass is 9.96. The van der Waals surface area contributed by atoms with Gasteiger partial charge in [-0.2, -0.15) is 0 Å². The number of fused-ring (bicyclic) bond motifs is 2. The van der Waals surface area contributed by atoms with Crippen LogP contribution in [0, 0.1) is 26.7 Å². The first kappa shape index (κ1) is 20.5. The summed E-state index contributed by atoms with van der Waals surface area (Å²) in [5, 5.41) is 5.36. The molecule has 0 saturated carbocycles. The molecule has 1 atom stereocenters. The smallest absolute Gasteiger partial charge is 0.231 e. The quantitative estimate of drug-likeness (QED) is 0.494. The van der Waals surface area contributed by atoms with E-state index >= 15 is 0 Å². The summed E-state index contributed by atoms with van der Waals surface area (Å²) < 4.78 is 5.77. The molecule has 4 heterocycles. The molecule has 7 nitrogen and oxygen atoms in total. The number of anilines is 1. The summed E-state index contributed by atoms with van der Waals surface area (Å²) in [6.07, 6.45) is 6.26. The third-order valence-electron chi connectivity index (χ3n) is 6.65. The van der Waals surface area contributed by atoms with Crippen LogP contribution in [0.15, 0.2) is 35.1 Å². The highest BCUT2D eigenvalue weighted by Crippen LogP contribution is 2.32. The lowest BCUT2D eigenvalue weighted by Crippen LogP contribution is -2.43. The van der Waals surface area contributed by atoms with E-state index in [9.17, 15) is 4.79 Å². The van der Waals surface area contributed by atoms with Gasteiger partial charge in [-0.3, -0.25) is 4.79 Å². The molecule has 2 N–H and O–H groups in total. The third-order valence-corrected chi connectivity index (χ3v) is 6.65. The summed E-state index contributed by atoms with van der Waals surface area (Å²) in [6.45, 7) is 8.26. The van der Waals surface area contributed by atoms with E-state index in [0.717, 1.165) is 53.9 Å². The van der Waals surface area contributed by atoms with Gasteiger partial charge in [-0.25, -0.2) is 9.97 Å². The van der Waals surface area contributed by atoms with Crippen LogP contribution in [0.2, 0.25) is 0 Å². The zero-order valence-corrected chi connectivity index (χ0v) is 18.9. The number of rotatable bonds is 5. The number of hydrogen-bond acceptors (Lipinski definition) is 5. The zero-order valence-electron chi connectivity index (χ0n) is 18.9. The Bertz CT molecular complexity index is 1290. The van der Waals surface area contributed by atoms with Gasteiger partial charge in [0.05, 0.1) is 11.3 Å². The van der Waals surface area contributed by atoms with E-state index in [4.69, 9.17) is 4.42 Å². The second-order valence-electron chi connectivity index (χ2n) is 8.85. The molecule has 4 aromatic rings. The number of aryl methyl sites for hydroxylation is 3. The van der Waals surface area contributed by atoms with Gasteiger partial charge in [-0.15, -0.1) is 0 Å². The van der Waals surface area contributed by atoms with Crippen molar-refractivity contribution in [3.05, 3.63) is 53.2 Å². The maximum Gasteiger partial charge on any atom is 0.231 e. The Morgan fingerprint density at radius 2 is 2.16 bits per heavy atom. The summed E-state index contributed by atoms with van der Waals surface area (Å²) in [4.78, 5) is 27.3. The molecule has 166 valence electrons. The Morgan fingerprint density at radius 1 is 1.28 bits per heavy atom. The van der Waals surface area contributed by atoms with Gasteiger partial charge in [0.15, 0.2) is 0 Å². The second-order valence-corrected chi connectivity index (χ2v) is 8.85. The Morgan fingerprint density at radius 3 is 3.03 bits per heavy atom. The normalized spacial score (nSPS) is 16.7. The van der Waals surface area contributed by atoms with Crippen LogP contribution in [-0.4, -0.2) is 40.5 Å². The summed E-state index contributed by atoms with van der Waals surface area (Å²) in [7, 11) is 0. The summed E-state index contributed by atoms with van der Waals surface area (Å²) in [5.41, 5.74) is 5.30. The van der Waals surface area contributed by atoms with Crippen LogP contribution < -0.4 is 10.2 Å². The Hall–Kier alpha value is -3.35. The average molecular weight is 432 g/mol. The fourth-order valence-corrected chi connectivity index (χ4v) is 4.75. The summed E-state index contributed by atoms with van der Waals surface area (Å²) in [6, 6.07) is 6.41. The van der Waals surface area contributed by atoms with Crippen molar-refractivity contribution < 1.29 is 9.21 Å². The number of piperidine rings is 1. The molecule has 0 bridgehead atoms. The van der Waals surface area contributed by atoms with Gasteiger partial charge in [0.25, 0.3) is 0 Å². The highest BCUT2D eigenvalue weighted by atomic mass is 16.3. The van der Waals surface area contributed by atoms with E-state index in [-0.39, 0.29) is 11.8 Å². The molecule has 0 unspecified atom stereocenters. The van der Waals surface area contributed by atoms with Crippen molar-refractivity contribution in [3.8, 4) is 0 Å². The number of amides is 1. The van der Waals surface area contributed by atoms with Crippen LogP contribution in [0.25, 0.3) is 22.0 Å². The molecule has 3 aromatic heterocycles. The van der Waals surface area contributed by atoms with E-state index < -0.39 is 0 Å². The summed E-state index contributed by atoms with van der Waals surface area (Å²) in [5.74, 6) is 1.81. The van der Waals surface area contributed by atoms with E-state index in [2.05, 4.69) is 50.3 Å². The molecule has 1 aliphatic heterocycles. The minimum atomic E-state index is -0.0488. The molecule has 1 amide bonds. The van der Waals surface area contributed by atoms with Gasteiger partial charge < -0.3 is 19.6 Å². The first-order valence-electron chi connectivity index (χ1n) is 11.3. The van der Waals surface area contributed by atoms with Crippen molar-refractivity contribution in [1.29, 1.82) is 0 Å². The first-order valence-corrected chi connectivity index (χ1v) is 11.3. The molecule has 7 heteroatoms. The van der Waals surface area contributed by atoms with E-state index in [1.807, 2.05) is 20.0 Å². The predicted octanol–water partition coefficient (Wildman–Crippen LogP) is 4.20. The lowest BCUT2D eigenvalue weighted by molar-refractivity contribution is -0.125. The largest absolute Gasteiger partial charge is 0.443 e. The van der Waals surface area contributed by atoms with Crippen molar-refractivity contribution in [2.24, 2.45) is 5.92 Å². The number of furan rings is 1. The van der Waals surface area contributed by atoms with Gasteiger partial charge in [0, 0.05) is 42.3 Å². The summed E-state index contributed by atoms with van der Waals surface area (Å²) >= 11 is 0. The van der Waals surface area contributed by atoms with Gasteiger partial charge in [0.1, 0.15) is 17.9 Å². The topological polar surface area (TPSA) is 87.0 Å². The Balaban J connectivity index is 1.25. The fourth-order valence-electron chi connectivity index (χ4n) is 4.75. The number of nitrogens with one attached hydrogen (secondary N) is 2. The molecule has 1 fully saturated rings. The van der Waals surface area contributed by atoms with E-state index in [1.165, 1.54) is 16.5 Å². The number of hydrogen-bond donors (Lipinski definition) is 2. The van der Waals surface area contributed by atoms with Crippen LogP contribution in [-0.2, 0) is 11.2 Å². The van der Waals surface area contributed by atoms with Gasteiger partial charge in [-0.1, -0.05) is 11.6 Å². The van der Waals surface area contributed by atoms with Crippen molar-refractivity contribution in [1.82, 2.24) is 20.3 Å². The number of nitrogens with zero attached hydrogens (tertiary/aromatic N) is 3. The third kappa shape index (κ3) is 3.72. The van der Waals surface area contributed by atoms with Crippen LogP contribution in [0.5, 0.6) is 0 Å². The maximum absolute atomic E-state index is 13.0. The highest BCUT2D eigenvalue weighted by molar-refractivity contribution is 5.90. The molecule has 0 aliphatic carbocycles. The molecule has 5 rings (SSSR count). The number of carbonyl (C=O) groups excluding carboxylic acids is 1. The van der Waals surface area contributed by atoms with Gasteiger partial charge in [0.2, 0.25) is 11.6 Å². The molecule has 0 radical (unpaired) electrons. The fraction of sp³-hybridized carbons (Fsp3) is 0.400. The SMILES string of the molecule is Cc1ccc2[nH]cc(CCNC(=O)[C@H]3CCCN(c4ncnc5oc(C)c(C)c45)C3)c2c1. The number of aromatic amines is 1. The number of benzene rings is 1. The van der Waals surface area contributed by atoms with Gasteiger partial charge in [-0.05, 0) is 57.7 Å². The van der Waals surface area contributed by atoms with Crippen molar-refractivity contribution in [2.45, 2.75) is 40.0 Å².